The highest BCUT2D eigenvalue weighted by Crippen LogP contribution is 2.30. The van der Waals surface area contributed by atoms with Crippen molar-refractivity contribution in [1.82, 2.24) is 0 Å². The van der Waals surface area contributed by atoms with E-state index in [4.69, 9.17) is 0 Å². The molecule has 122 valence electrons. The van der Waals surface area contributed by atoms with Crippen LogP contribution in [0.2, 0.25) is 0 Å². The molecule has 0 saturated carbocycles. The van der Waals surface area contributed by atoms with Crippen LogP contribution in [0.15, 0.2) is 85.1 Å². The van der Waals surface area contributed by atoms with Gasteiger partial charge in [0.15, 0.2) is 6.54 Å². The van der Waals surface area contributed by atoms with E-state index >= 15 is 0 Å². The number of nitrogens with zero attached hydrogens (tertiary/aromatic N) is 2. The summed E-state index contributed by atoms with van der Waals surface area (Å²) >= 11 is 0. The largest absolute Gasteiger partial charge is 1.00 e. The van der Waals surface area contributed by atoms with Gasteiger partial charge >= 0.3 is 0 Å². The van der Waals surface area contributed by atoms with Crippen LogP contribution in [-0.4, -0.2) is 11.7 Å². The van der Waals surface area contributed by atoms with Crippen LogP contribution < -0.4 is 26.4 Å². The number of anilines is 1. The fourth-order valence-electron chi connectivity index (χ4n) is 3.30. The molecular formula is C20H19BrN2O. The molecule has 0 aliphatic carbocycles. The Kier molecular flexibility index (Phi) is 4.69. The molecule has 3 aromatic rings. The maximum absolute atomic E-state index is 11.4. The van der Waals surface area contributed by atoms with Gasteiger partial charge in [0, 0.05) is 11.6 Å². The first-order valence-corrected chi connectivity index (χ1v) is 7.85. The number of pyridine rings is 1. The van der Waals surface area contributed by atoms with Crippen LogP contribution in [0.5, 0.6) is 0 Å². The summed E-state index contributed by atoms with van der Waals surface area (Å²) in [7, 11) is 0. The highest BCUT2D eigenvalue weighted by Gasteiger charge is 2.49. The van der Waals surface area contributed by atoms with Crippen LogP contribution in [0.3, 0.4) is 0 Å². The summed E-state index contributed by atoms with van der Waals surface area (Å²) in [5, 5.41) is 11.4. The first-order valence-electron chi connectivity index (χ1n) is 7.85. The summed E-state index contributed by atoms with van der Waals surface area (Å²) in [4.78, 5) is 2.22. The molecule has 0 fully saturated rings. The monoisotopic (exact) mass is 382 g/mol. The van der Waals surface area contributed by atoms with Gasteiger partial charge in [0.25, 0.3) is 11.5 Å². The van der Waals surface area contributed by atoms with Crippen molar-refractivity contribution in [2.24, 2.45) is 0 Å². The molecule has 2 aromatic carbocycles. The van der Waals surface area contributed by atoms with Crippen molar-refractivity contribution in [2.45, 2.75) is 12.3 Å². The quantitative estimate of drug-likeness (QED) is 0.629. The molecule has 3 nitrogen and oxygen atoms in total. The Morgan fingerprint density at radius 2 is 1.50 bits per heavy atom. The molecule has 0 amide bonds. The maximum atomic E-state index is 11.4. The van der Waals surface area contributed by atoms with Crippen LogP contribution in [0.4, 0.5) is 5.82 Å². The van der Waals surface area contributed by atoms with E-state index in [-0.39, 0.29) is 17.0 Å². The van der Waals surface area contributed by atoms with Crippen molar-refractivity contribution in [1.29, 1.82) is 0 Å². The topological polar surface area (TPSA) is 27.3 Å². The third-order valence-corrected chi connectivity index (χ3v) is 4.42. The summed E-state index contributed by atoms with van der Waals surface area (Å²) in [6, 6.07) is 26.3. The summed E-state index contributed by atoms with van der Waals surface area (Å²) in [5.41, 5.74) is 1.11. The Hall–Kier alpha value is -2.17. The number of rotatable bonds is 3. The molecule has 1 aromatic heterocycles. The first kappa shape index (κ1) is 16.7. The average molecular weight is 383 g/mol. The molecule has 0 bridgehead atoms. The number of aliphatic hydroxyl groups is 1. The van der Waals surface area contributed by atoms with E-state index in [1.165, 1.54) is 5.56 Å². The maximum Gasteiger partial charge on any atom is 0.279 e. The number of hydrogen-bond donors (Lipinski definition) is 1. The minimum atomic E-state index is -1.04. The van der Waals surface area contributed by atoms with Crippen molar-refractivity contribution < 1.29 is 26.7 Å². The van der Waals surface area contributed by atoms with Crippen molar-refractivity contribution in [3.05, 3.63) is 96.2 Å². The molecule has 2 heterocycles. The van der Waals surface area contributed by atoms with Gasteiger partial charge in [0.1, 0.15) is 6.54 Å². The zero-order valence-electron chi connectivity index (χ0n) is 13.2. The molecule has 1 N–H and O–H groups in total. The molecule has 0 spiro atoms. The lowest BCUT2D eigenvalue weighted by Gasteiger charge is -2.19. The molecule has 24 heavy (non-hydrogen) atoms. The smallest absolute Gasteiger partial charge is 0.279 e. The highest BCUT2D eigenvalue weighted by atomic mass is 79.9. The lowest BCUT2D eigenvalue weighted by atomic mass is 10.0. The molecular weight excluding hydrogens is 364 g/mol. The predicted octanol–water partition coefficient (Wildman–Crippen LogP) is -0.308. The lowest BCUT2D eigenvalue weighted by Crippen LogP contribution is -3.00. The lowest BCUT2D eigenvalue weighted by molar-refractivity contribution is -0.770. The Bertz CT molecular complexity index is 810. The summed E-state index contributed by atoms with van der Waals surface area (Å²) in [5.74, 6) is 1.03. The molecule has 1 atom stereocenters. The Labute approximate surface area is 152 Å². The van der Waals surface area contributed by atoms with Crippen LogP contribution in [0, 0.1) is 0 Å². The number of benzene rings is 2. The molecule has 1 unspecified atom stereocenters. The zero-order chi connectivity index (χ0) is 15.7. The van der Waals surface area contributed by atoms with Gasteiger partial charge in [-0.2, -0.15) is 4.57 Å². The third kappa shape index (κ3) is 2.83. The van der Waals surface area contributed by atoms with Crippen LogP contribution in [-0.2, 0) is 12.3 Å². The van der Waals surface area contributed by atoms with E-state index in [9.17, 15) is 5.11 Å². The number of hydrogen-bond acceptors (Lipinski definition) is 2. The summed E-state index contributed by atoms with van der Waals surface area (Å²) in [6.45, 7) is 1.32. The van der Waals surface area contributed by atoms with E-state index in [1.807, 2.05) is 71.4 Å². The number of fused-ring (bicyclic) bond motifs is 1. The van der Waals surface area contributed by atoms with Gasteiger partial charge in [-0.25, -0.2) is 4.90 Å². The second kappa shape index (κ2) is 6.75. The van der Waals surface area contributed by atoms with Gasteiger partial charge < -0.3 is 22.1 Å². The second-order valence-electron chi connectivity index (χ2n) is 5.95. The number of aromatic nitrogens is 1. The van der Waals surface area contributed by atoms with Gasteiger partial charge in [-0.05, 0) is 11.6 Å². The van der Waals surface area contributed by atoms with Gasteiger partial charge in [-0.15, -0.1) is 0 Å². The van der Waals surface area contributed by atoms with Crippen LogP contribution >= 0.6 is 0 Å². The van der Waals surface area contributed by atoms with E-state index < -0.39 is 5.72 Å². The fraction of sp³-hybridized carbons (Fsp3) is 0.150. The minimum Gasteiger partial charge on any atom is -1.00 e. The Balaban J connectivity index is 0.00000169. The molecule has 4 rings (SSSR count). The molecule has 1 aliphatic rings. The van der Waals surface area contributed by atoms with Crippen LogP contribution in [0.1, 0.15) is 11.1 Å². The minimum absolute atomic E-state index is 0. The molecule has 0 saturated heterocycles. The molecule has 0 radical (unpaired) electrons. The second-order valence-corrected chi connectivity index (χ2v) is 5.95. The van der Waals surface area contributed by atoms with Crippen molar-refractivity contribution >= 4 is 5.82 Å². The van der Waals surface area contributed by atoms with E-state index in [0.717, 1.165) is 17.9 Å². The Morgan fingerprint density at radius 3 is 2.21 bits per heavy atom. The fourth-order valence-corrected chi connectivity index (χ4v) is 3.30. The van der Waals surface area contributed by atoms with Crippen molar-refractivity contribution in [3.8, 4) is 0 Å². The standard InChI is InChI=1S/C20H19N2O.BrH/c23-20(18-11-5-2-6-12-18)16-21(15-17-9-3-1-4-10-17)19-13-7-8-14-22(19)20;/h1-14,23H,15-16H2;1H/q+1;/p-1. The van der Waals surface area contributed by atoms with E-state index in [1.54, 1.807) is 0 Å². The number of β-amino-alcohol motifs (C(OH)–C–C–N with tert-alkyl or cyclic N) is 1. The summed E-state index contributed by atoms with van der Waals surface area (Å²) < 4.78 is 1.96. The Morgan fingerprint density at radius 1 is 0.875 bits per heavy atom. The van der Waals surface area contributed by atoms with Gasteiger partial charge in [-0.1, -0.05) is 66.7 Å². The third-order valence-electron chi connectivity index (χ3n) is 4.42. The van der Waals surface area contributed by atoms with E-state index in [2.05, 4.69) is 23.1 Å². The van der Waals surface area contributed by atoms with E-state index in [0.29, 0.717) is 6.54 Å². The number of halogens is 1. The average Bonchev–Trinajstić information content (AvgIpc) is 2.91. The van der Waals surface area contributed by atoms with Crippen molar-refractivity contribution in [3.63, 3.8) is 0 Å². The SMILES string of the molecule is OC1(c2ccccc2)CN(Cc2ccccc2)c2cccc[n+]21.[Br-]. The van der Waals surface area contributed by atoms with Gasteiger partial charge in [-0.3, -0.25) is 0 Å². The van der Waals surface area contributed by atoms with Gasteiger partial charge in [0.2, 0.25) is 0 Å². The van der Waals surface area contributed by atoms with Gasteiger partial charge in [0.05, 0.1) is 6.20 Å². The van der Waals surface area contributed by atoms with Crippen LogP contribution in [0.25, 0.3) is 0 Å². The first-order chi connectivity index (χ1) is 11.3. The zero-order valence-corrected chi connectivity index (χ0v) is 14.8. The van der Waals surface area contributed by atoms with Crippen molar-refractivity contribution in [2.75, 3.05) is 11.4 Å². The highest BCUT2D eigenvalue weighted by molar-refractivity contribution is 5.40. The normalized spacial score (nSPS) is 18.8. The molecule has 1 aliphatic heterocycles. The molecule has 4 heteroatoms. The summed E-state index contributed by atoms with van der Waals surface area (Å²) in [6.07, 6.45) is 1.95. The predicted molar refractivity (Wildman–Crippen MR) is 89.9 cm³/mol.